The van der Waals surface area contributed by atoms with Gasteiger partial charge in [-0.2, -0.15) is 26.3 Å². The van der Waals surface area contributed by atoms with E-state index in [4.69, 9.17) is 0 Å². The Bertz CT molecular complexity index is 943. The highest BCUT2D eigenvalue weighted by Gasteiger charge is 2.38. The van der Waals surface area contributed by atoms with E-state index in [9.17, 15) is 35.9 Å². The Hall–Kier alpha value is -3.04. The van der Waals surface area contributed by atoms with Gasteiger partial charge >= 0.3 is 12.4 Å². The third-order valence-corrected chi connectivity index (χ3v) is 5.04. The lowest BCUT2D eigenvalue weighted by molar-refractivity contribution is -0.143. The fourth-order valence-electron chi connectivity index (χ4n) is 3.34. The van der Waals surface area contributed by atoms with Gasteiger partial charge in [0, 0.05) is 43.0 Å². The minimum absolute atomic E-state index is 0.000572. The SMILES string of the molecule is CC(=O)c1ccc(N2CCN(C(=O)c3cc(C(F)(F)F)cc(C(F)(F)F)c3)CC2)cc1. The van der Waals surface area contributed by atoms with Gasteiger partial charge in [-0.3, -0.25) is 9.59 Å². The van der Waals surface area contributed by atoms with Crippen LogP contribution < -0.4 is 4.90 Å². The summed E-state index contributed by atoms with van der Waals surface area (Å²) >= 11 is 0. The number of piperazine rings is 1. The van der Waals surface area contributed by atoms with E-state index in [0.717, 1.165) is 5.69 Å². The molecule has 4 nitrogen and oxygen atoms in total. The standard InChI is InChI=1S/C21H18F6N2O2/c1-13(30)14-2-4-18(5-3-14)28-6-8-29(9-7-28)19(31)15-10-16(20(22,23)24)12-17(11-15)21(25,26)27/h2-5,10-12H,6-9H2,1H3. The van der Waals surface area contributed by atoms with E-state index < -0.39 is 35.0 Å². The number of carbonyl (C=O) groups is 2. The summed E-state index contributed by atoms with van der Waals surface area (Å²) in [6, 6.07) is 7.72. The number of hydrogen-bond donors (Lipinski definition) is 0. The number of benzene rings is 2. The van der Waals surface area contributed by atoms with Crippen LogP contribution in [0.25, 0.3) is 0 Å². The van der Waals surface area contributed by atoms with Crippen molar-refractivity contribution in [2.45, 2.75) is 19.3 Å². The van der Waals surface area contributed by atoms with Gasteiger partial charge in [0.15, 0.2) is 5.78 Å². The Labute approximate surface area is 174 Å². The molecule has 166 valence electrons. The number of hydrogen-bond acceptors (Lipinski definition) is 3. The molecule has 0 unspecified atom stereocenters. The van der Waals surface area contributed by atoms with E-state index >= 15 is 0 Å². The van der Waals surface area contributed by atoms with Crippen molar-refractivity contribution < 1.29 is 35.9 Å². The first-order chi connectivity index (χ1) is 14.4. The third kappa shape index (κ3) is 5.18. The van der Waals surface area contributed by atoms with Gasteiger partial charge in [0.25, 0.3) is 5.91 Å². The van der Waals surface area contributed by atoms with Crippen molar-refractivity contribution in [2.24, 2.45) is 0 Å². The quantitative estimate of drug-likeness (QED) is 0.500. The van der Waals surface area contributed by atoms with Crippen LogP contribution in [0.1, 0.15) is 38.8 Å². The second kappa shape index (κ2) is 8.24. The van der Waals surface area contributed by atoms with Gasteiger partial charge in [-0.25, -0.2) is 0 Å². The molecule has 1 fully saturated rings. The zero-order chi connectivity index (χ0) is 23.0. The molecule has 1 amide bonds. The Kier molecular flexibility index (Phi) is 6.02. The largest absolute Gasteiger partial charge is 0.416 e. The Morgan fingerprint density at radius 3 is 1.65 bits per heavy atom. The minimum atomic E-state index is -5.01. The average Bonchev–Trinajstić information content (AvgIpc) is 2.72. The number of ketones is 1. The van der Waals surface area contributed by atoms with E-state index in [2.05, 4.69) is 0 Å². The van der Waals surface area contributed by atoms with Crippen LogP contribution in [0.5, 0.6) is 0 Å². The Balaban J connectivity index is 1.76. The number of carbonyl (C=O) groups excluding carboxylic acids is 2. The molecule has 0 radical (unpaired) electrons. The van der Waals surface area contributed by atoms with E-state index in [0.29, 0.717) is 30.8 Å². The molecule has 0 aliphatic carbocycles. The molecular formula is C21H18F6N2O2. The van der Waals surface area contributed by atoms with Gasteiger partial charge < -0.3 is 9.80 Å². The lowest BCUT2D eigenvalue weighted by Crippen LogP contribution is -2.48. The summed E-state index contributed by atoms with van der Waals surface area (Å²) in [6.07, 6.45) is -10.0. The number of halogens is 6. The van der Waals surface area contributed by atoms with Crippen molar-refractivity contribution in [2.75, 3.05) is 31.1 Å². The molecule has 1 saturated heterocycles. The van der Waals surface area contributed by atoms with Crippen LogP contribution in [0, 0.1) is 0 Å². The van der Waals surface area contributed by atoms with Crippen molar-refractivity contribution in [1.29, 1.82) is 0 Å². The smallest absolute Gasteiger partial charge is 0.368 e. The maximum Gasteiger partial charge on any atom is 0.416 e. The van der Waals surface area contributed by atoms with Crippen molar-refractivity contribution in [1.82, 2.24) is 4.90 Å². The topological polar surface area (TPSA) is 40.6 Å². The number of amides is 1. The van der Waals surface area contributed by atoms with Crippen molar-refractivity contribution in [3.05, 3.63) is 64.7 Å². The zero-order valence-corrected chi connectivity index (χ0v) is 16.3. The maximum atomic E-state index is 13.0. The van der Waals surface area contributed by atoms with E-state index in [1.165, 1.54) is 11.8 Å². The molecule has 3 rings (SSSR count). The minimum Gasteiger partial charge on any atom is -0.368 e. The van der Waals surface area contributed by atoms with Gasteiger partial charge in [0.05, 0.1) is 11.1 Å². The van der Waals surface area contributed by atoms with Crippen LogP contribution in [-0.4, -0.2) is 42.8 Å². The summed E-state index contributed by atoms with van der Waals surface area (Å²) in [4.78, 5) is 27.2. The highest BCUT2D eigenvalue weighted by atomic mass is 19.4. The third-order valence-electron chi connectivity index (χ3n) is 5.04. The van der Waals surface area contributed by atoms with Crippen molar-refractivity contribution >= 4 is 17.4 Å². The molecule has 1 aliphatic heterocycles. The summed E-state index contributed by atoms with van der Waals surface area (Å²) in [6.45, 7) is 2.39. The molecule has 0 N–H and O–H groups in total. The fraction of sp³-hybridized carbons (Fsp3) is 0.333. The summed E-state index contributed by atoms with van der Waals surface area (Å²) in [5, 5.41) is 0. The number of rotatable bonds is 3. The molecule has 2 aromatic rings. The molecule has 0 atom stereocenters. The molecule has 0 aromatic heterocycles. The van der Waals surface area contributed by atoms with Gasteiger partial charge in [-0.15, -0.1) is 0 Å². The fourth-order valence-corrected chi connectivity index (χ4v) is 3.34. The highest BCUT2D eigenvalue weighted by Crippen LogP contribution is 2.36. The Morgan fingerprint density at radius 2 is 1.23 bits per heavy atom. The van der Waals surface area contributed by atoms with E-state index in [-0.39, 0.29) is 24.9 Å². The van der Waals surface area contributed by atoms with Crippen LogP contribution in [0.2, 0.25) is 0 Å². The van der Waals surface area contributed by atoms with E-state index in [1.54, 1.807) is 24.3 Å². The van der Waals surface area contributed by atoms with Gasteiger partial charge in [0.1, 0.15) is 0 Å². The number of anilines is 1. The second-order valence-electron chi connectivity index (χ2n) is 7.18. The number of alkyl halides is 6. The van der Waals surface area contributed by atoms with Crippen LogP contribution in [0.15, 0.2) is 42.5 Å². The molecule has 0 spiro atoms. The van der Waals surface area contributed by atoms with Crippen molar-refractivity contribution in [3.63, 3.8) is 0 Å². The average molecular weight is 444 g/mol. The molecule has 2 aromatic carbocycles. The summed E-state index contributed by atoms with van der Waals surface area (Å²) in [5.41, 5.74) is -2.34. The van der Waals surface area contributed by atoms with Crippen molar-refractivity contribution in [3.8, 4) is 0 Å². The predicted molar refractivity (Wildman–Crippen MR) is 101 cm³/mol. The molecule has 0 bridgehead atoms. The summed E-state index contributed by atoms with van der Waals surface area (Å²) < 4.78 is 78.2. The van der Waals surface area contributed by atoms with Crippen LogP contribution >= 0.6 is 0 Å². The lowest BCUT2D eigenvalue weighted by Gasteiger charge is -2.36. The zero-order valence-electron chi connectivity index (χ0n) is 16.3. The Morgan fingerprint density at radius 1 is 0.742 bits per heavy atom. The highest BCUT2D eigenvalue weighted by molar-refractivity contribution is 5.95. The van der Waals surface area contributed by atoms with Gasteiger partial charge in [0.2, 0.25) is 0 Å². The molecule has 10 heteroatoms. The number of nitrogens with zero attached hydrogens (tertiary/aromatic N) is 2. The first-order valence-electron chi connectivity index (χ1n) is 9.31. The van der Waals surface area contributed by atoms with Gasteiger partial charge in [-0.05, 0) is 49.4 Å². The first kappa shape index (κ1) is 22.6. The lowest BCUT2D eigenvalue weighted by atomic mass is 10.0. The first-order valence-corrected chi connectivity index (χ1v) is 9.31. The monoisotopic (exact) mass is 444 g/mol. The summed E-state index contributed by atoms with van der Waals surface area (Å²) in [5.74, 6) is -0.968. The summed E-state index contributed by atoms with van der Waals surface area (Å²) in [7, 11) is 0. The second-order valence-corrected chi connectivity index (χ2v) is 7.18. The number of Topliss-reactive ketones (excluding diaryl/α,β-unsaturated/α-hetero) is 1. The molecule has 0 saturated carbocycles. The molecule has 31 heavy (non-hydrogen) atoms. The van der Waals surface area contributed by atoms with Crippen LogP contribution in [0.4, 0.5) is 32.0 Å². The van der Waals surface area contributed by atoms with Gasteiger partial charge in [-0.1, -0.05) is 0 Å². The maximum absolute atomic E-state index is 13.0. The molecular weight excluding hydrogens is 426 g/mol. The molecule has 1 aliphatic rings. The van der Waals surface area contributed by atoms with E-state index in [1.807, 2.05) is 4.90 Å². The van der Waals surface area contributed by atoms with Crippen LogP contribution in [-0.2, 0) is 12.4 Å². The predicted octanol–water partition coefficient (Wildman–Crippen LogP) is 4.89. The van der Waals surface area contributed by atoms with Crippen LogP contribution in [0.3, 0.4) is 0 Å². The normalized spacial score (nSPS) is 15.2. The molecule has 1 heterocycles.